The SMILES string of the molecule is COC(=O)CC[C@@H]1/C2=C3\C(=O)CC[C@@H]4C3=N[C@H](CC3=N[C@@H](C[C@]56NC(=O)C[C@@]5(C)[C@H](CCC(=O)OC)C(=CC(=N2)[C@H]1CC(=O)O)N6)[C@@H](CCC(=O)OC)[C@]3(C)CC(N)=O)[C@H]4CC(=O)OC. The molecule has 1 spiro atoms. The lowest BCUT2D eigenvalue weighted by atomic mass is 9.63. The highest BCUT2D eigenvalue weighted by molar-refractivity contribution is 6.26. The highest BCUT2D eigenvalue weighted by atomic mass is 16.5. The number of hydrogen-bond acceptors (Lipinski definition) is 16. The molecule has 7 rings (SSSR count). The van der Waals surface area contributed by atoms with Gasteiger partial charge in [-0.1, -0.05) is 13.8 Å². The fraction of sp³-hybridized carbons (Fsp3) is 0.674. The molecular formula is C46H60N6O13. The van der Waals surface area contributed by atoms with Crippen LogP contribution in [0.3, 0.4) is 0 Å². The Morgan fingerprint density at radius 1 is 0.831 bits per heavy atom. The summed E-state index contributed by atoms with van der Waals surface area (Å²) in [5.74, 6) is -7.73. The molecule has 19 nitrogen and oxygen atoms in total. The van der Waals surface area contributed by atoms with Crippen molar-refractivity contribution >= 4 is 64.6 Å². The molecule has 19 heteroatoms. The van der Waals surface area contributed by atoms with Crippen LogP contribution in [0.5, 0.6) is 0 Å². The Bertz CT molecular complexity index is 2230. The number of nitrogens with two attached hydrogens (primary N) is 1. The first-order valence-corrected chi connectivity index (χ1v) is 22.4. The number of fused-ring (bicyclic) bond motifs is 4. The molecule has 5 N–H and O–H groups in total. The van der Waals surface area contributed by atoms with Crippen molar-refractivity contribution in [1.82, 2.24) is 10.6 Å². The molecule has 0 aromatic heterocycles. The highest BCUT2D eigenvalue weighted by Gasteiger charge is 2.66. The minimum atomic E-state index is -1.24. The molecule has 8 bridgehead atoms. The van der Waals surface area contributed by atoms with Gasteiger partial charge < -0.3 is 40.4 Å². The number of ketones is 1. The van der Waals surface area contributed by atoms with Gasteiger partial charge in [-0.15, -0.1) is 0 Å². The van der Waals surface area contributed by atoms with E-state index >= 15 is 0 Å². The molecule has 6 heterocycles. The number of primary amides is 1. The van der Waals surface area contributed by atoms with Gasteiger partial charge in [0, 0.05) is 109 Å². The van der Waals surface area contributed by atoms with Gasteiger partial charge in [0.05, 0.1) is 70.3 Å². The largest absolute Gasteiger partial charge is 0.481 e. The van der Waals surface area contributed by atoms with Gasteiger partial charge in [-0.3, -0.25) is 53.3 Å². The number of methoxy groups -OCH3 is 4. The van der Waals surface area contributed by atoms with Crippen LogP contribution in [-0.2, 0) is 57.3 Å². The summed E-state index contributed by atoms with van der Waals surface area (Å²) < 4.78 is 20.3. The Morgan fingerprint density at radius 3 is 2.11 bits per heavy atom. The monoisotopic (exact) mass is 904 g/mol. The molecule has 352 valence electrons. The van der Waals surface area contributed by atoms with Crippen LogP contribution in [0.2, 0.25) is 0 Å². The fourth-order valence-corrected chi connectivity index (χ4v) is 12.4. The van der Waals surface area contributed by atoms with E-state index in [0.29, 0.717) is 34.9 Å². The molecule has 0 aromatic carbocycles. The number of carboxylic acid groups (broad SMARTS) is 1. The van der Waals surface area contributed by atoms with Crippen molar-refractivity contribution < 1.29 is 62.4 Å². The number of Topliss-reactive ketones (excluding diaryl/α,β-unsaturated/α-hetero) is 1. The van der Waals surface area contributed by atoms with Crippen LogP contribution in [0.1, 0.15) is 104 Å². The Labute approximate surface area is 376 Å². The van der Waals surface area contributed by atoms with Gasteiger partial charge in [-0.05, 0) is 37.7 Å². The lowest BCUT2D eigenvalue weighted by Crippen LogP contribution is -2.59. The number of esters is 4. The average Bonchev–Trinajstić information content (AvgIpc) is 3.95. The molecule has 1 aliphatic carbocycles. The topological polar surface area (TPSA) is 281 Å². The minimum absolute atomic E-state index is 0.00840. The number of allylic oxidation sites excluding steroid dienone is 4. The molecule has 65 heavy (non-hydrogen) atoms. The molecule has 7 aliphatic rings. The van der Waals surface area contributed by atoms with Crippen LogP contribution in [0.25, 0.3) is 0 Å². The van der Waals surface area contributed by atoms with Gasteiger partial charge in [0.15, 0.2) is 5.78 Å². The zero-order valence-electron chi connectivity index (χ0n) is 37.9. The first-order valence-electron chi connectivity index (χ1n) is 22.4. The summed E-state index contributed by atoms with van der Waals surface area (Å²) in [7, 11) is 5.14. The molecule has 11 atom stereocenters. The molecule has 0 radical (unpaired) electrons. The fourth-order valence-electron chi connectivity index (χ4n) is 12.4. The van der Waals surface area contributed by atoms with E-state index in [1.807, 2.05) is 13.8 Å². The third kappa shape index (κ3) is 8.62. The average molecular weight is 905 g/mol. The van der Waals surface area contributed by atoms with E-state index in [1.54, 1.807) is 6.08 Å². The van der Waals surface area contributed by atoms with Crippen molar-refractivity contribution in [3.63, 3.8) is 0 Å². The number of hydrogen-bond donors (Lipinski definition) is 4. The van der Waals surface area contributed by atoms with Crippen LogP contribution in [-0.4, -0.2) is 116 Å². The van der Waals surface area contributed by atoms with Gasteiger partial charge in [0.1, 0.15) is 5.66 Å². The van der Waals surface area contributed by atoms with Gasteiger partial charge in [-0.25, -0.2) is 0 Å². The Kier molecular flexibility index (Phi) is 13.3. The van der Waals surface area contributed by atoms with Crippen molar-refractivity contribution in [2.75, 3.05) is 28.4 Å². The van der Waals surface area contributed by atoms with E-state index in [-0.39, 0.29) is 94.3 Å². The smallest absolute Gasteiger partial charge is 0.305 e. The first kappa shape index (κ1) is 47.2. The second-order valence-corrected chi connectivity index (χ2v) is 19.1. The minimum Gasteiger partial charge on any atom is -0.481 e. The van der Waals surface area contributed by atoms with Crippen LogP contribution in [0.15, 0.2) is 38.0 Å². The summed E-state index contributed by atoms with van der Waals surface area (Å²) in [4.78, 5) is 122. The highest BCUT2D eigenvalue weighted by Crippen LogP contribution is 2.59. The summed E-state index contributed by atoms with van der Waals surface area (Å²) in [5, 5.41) is 17.3. The molecule has 3 fully saturated rings. The second kappa shape index (κ2) is 18.3. The molecule has 2 amide bonds. The van der Waals surface area contributed by atoms with Gasteiger partial charge in [-0.2, -0.15) is 0 Å². The van der Waals surface area contributed by atoms with Crippen LogP contribution in [0, 0.1) is 46.3 Å². The third-order valence-electron chi connectivity index (χ3n) is 15.7. The van der Waals surface area contributed by atoms with Crippen molar-refractivity contribution in [2.24, 2.45) is 67.0 Å². The number of aliphatic imine (C=N–C) groups is 3. The number of carbonyl (C=O) groups is 8. The maximum atomic E-state index is 14.4. The normalized spacial score (nSPS) is 35.4. The Hall–Kier alpha value is -5.75. The number of carbonyl (C=O) groups excluding carboxylic acids is 7. The maximum Gasteiger partial charge on any atom is 0.305 e. The predicted molar refractivity (Wildman–Crippen MR) is 231 cm³/mol. The summed E-state index contributed by atoms with van der Waals surface area (Å²) >= 11 is 0. The second-order valence-electron chi connectivity index (χ2n) is 19.1. The Morgan fingerprint density at radius 2 is 1.48 bits per heavy atom. The predicted octanol–water partition coefficient (Wildman–Crippen LogP) is 2.68. The summed E-state index contributed by atoms with van der Waals surface area (Å²) in [5.41, 5.74) is 5.23. The summed E-state index contributed by atoms with van der Waals surface area (Å²) in [6, 6.07) is -1.29. The number of nitrogens with one attached hydrogen (secondary N) is 2. The summed E-state index contributed by atoms with van der Waals surface area (Å²) in [6.45, 7) is 3.85. The van der Waals surface area contributed by atoms with Gasteiger partial charge in [0.25, 0.3) is 0 Å². The number of carboxylic acids is 1. The molecule has 2 saturated heterocycles. The van der Waals surface area contributed by atoms with E-state index in [0.717, 1.165) is 0 Å². The number of rotatable bonds is 15. The quantitative estimate of drug-likeness (QED) is 0.136. The number of amides is 2. The van der Waals surface area contributed by atoms with Crippen molar-refractivity contribution in [3.05, 3.63) is 23.0 Å². The molecule has 1 saturated carbocycles. The third-order valence-corrected chi connectivity index (χ3v) is 15.7. The zero-order chi connectivity index (χ0) is 47.2. The van der Waals surface area contributed by atoms with E-state index < -0.39 is 106 Å². The molecule has 6 aliphatic heterocycles. The zero-order valence-corrected chi connectivity index (χ0v) is 37.9. The first-order chi connectivity index (χ1) is 30.8. The van der Waals surface area contributed by atoms with Crippen LogP contribution >= 0.6 is 0 Å². The van der Waals surface area contributed by atoms with E-state index in [4.69, 9.17) is 39.7 Å². The molecule has 0 unspecified atom stereocenters. The molecular weight excluding hydrogens is 845 g/mol. The number of nitrogens with zero attached hydrogens (tertiary/aromatic N) is 3. The van der Waals surface area contributed by atoms with Crippen molar-refractivity contribution in [2.45, 2.75) is 121 Å². The number of aliphatic carboxylic acids is 1. The van der Waals surface area contributed by atoms with Crippen molar-refractivity contribution in [1.29, 1.82) is 0 Å². The van der Waals surface area contributed by atoms with Gasteiger partial charge >= 0.3 is 29.8 Å². The molecule has 0 aromatic rings. The van der Waals surface area contributed by atoms with Gasteiger partial charge in [0.2, 0.25) is 11.8 Å². The number of ether oxygens (including phenoxy) is 4. The lowest BCUT2D eigenvalue weighted by Gasteiger charge is -2.42. The van der Waals surface area contributed by atoms with Crippen LogP contribution < -0.4 is 16.4 Å². The van der Waals surface area contributed by atoms with Crippen LogP contribution in [0.4, 0.5) is 0 Å². The Balaban J connectivity index is 1.51. The van der Waals surface area contributed by atoms with E-state index in [9.17, 15) is 43.5 Å². The van der Waals surface area contributed by atoms with E-state index in [1.165, 1.54) is 28.4 Å². The van der Waals surface area contributed by atoms with Crippen molar-refractivity contribution in [3.8, 4) is 0 Å². The lowest BCUT2D eigenvalue weighted by molar-refractivity contribution is -0.142. The van der Waals surface area contributed by atoms with E-state index in [2.05, 4.69) is 10.6 Å². The summed E-state index contributed by atoms with van der Waals surface area (Å²) in [6.07, 6.45) is 2.37. The maximum absolute atomic E-state index is 14.4. The standard InChI is InChI=1S/C46H60N6O13/c1-44(20-34(47)54)26(9-13-38(59)63-4)31-19-46-45(2,21-35(55)52-46)27(10-14-39(60)64-5)30(51-46)17-28-24(15-36(56)57)23(8-12-37(58)62-3)43(49-28)41-32(53)11-7-22-25(16-40(61)65-6)29(50-42(22)41)18-33(44)48-31/h17,22-27,29,31,51H,7-16,18-21H2,1-6H3,(H2,47,54)(H,52,55)(H,56,57)/b30-17?,43-41-/t22-,23-,24-,25-,26+,27+,29+,31-,44-,45-,46-/m0/s1.